The smallest absolute Gasteiger partial charge is 0.286 e. The molecule has 0 atom stereocenters. The summed E-state index contributed by atoms with van der Waals surface area (Å²) in [6.07, 6.45) is 2.11. The van der Waals surface area contributed by atoms with Gasteiger partial charge in [-0.3, -0.25) is 4.79 Å². The standard InChI is InChI=1S/C14H24N2O2/c1-4-16(5-2)11-7-6-10-15-14(17)13-9-8-12(3)18-13/h8-9H,4-7,10-11H2,1-3H3,(H,15,17). The number of carbonyl (C=O) groups is 1. The summed E-state index contributed by atoms with van der Waals surface area (Å²) in [5, 5.41) is 2.87. The number of unbranched alkanes of at least 4 members (excludes halogenated alkanes) is 1. The van der Waals surface area contributed by atoms with Crippen molar-refractivity contribution in [3.8, 4) is 0 Å². The van der Waals surface area contributed by atoms with Crippen LogP contribution in [0.15, 0.2) is 16.5 Å². The van der Waals surface area contributed by atoms with Crippen molar-refractivity contribution in [3.05, 3.63) is 23.7 Å². The number of nitrogens with zero attached hydrogens (tertiary/aromatic N) is 1. The molecule has 0 radical (unpaired) electrons. The zero-order valence-electron chi connectivity index (χ0n) is 11.7. The highest BCUT2D eigenvalue weighted by Crippen LogP contribution is 2.05. The Hall–Kier alpha value is -1.29. The fourth-order valence-electron chi connectivity index (χ4n) is 1.85. The molecule has 0 bridgehead atoms. The van der Waals surface area contributed by atoms with Crippen LogP contribution >= 0.6 is 0 Å². The summed E-state index contributed by atoms with van der Waals surface area (Å²) in [5.74, 6) is 1.05. The van der Waals surface area contributed by atoms with Crippen LogP contribution in [-0.2, 0) is 0 Å². The molecule has 1 rings (SSSR count). The van der Waals surface area contributed by atoms with E-state index in [1.54, 1.807) is 12.1 Å². The highest BCUT2D eigenvalue weighted by molar-refractivity contribution is 5.91. The molecular weight excluding hydrogens is 228 g/mol. The molecule has 102 valence electrons. The number of furan rings is 1. The molecule has 0 aliphatic heterocycles. The lowest BCUT2D eigenvalue weighted by molar-refractivity contribution is 0.0923. The Morgan fingerprint density at radius 1 is 1.28 bits per heavy atom. The van der Waals surface area contributed by atoms with E-state index in [2.05, 4.69) is 24.1 Å². The van der Waals surface area contributed by atoms with Crippen molar-refractivity contribution >= 4 is 5.91 Å². The van der Waals surface area contributed by atoms with Gasteiger partial charge in [0.2, 0.25) is 0 Å². The van der Waals surface area contributed by atoms with Crippen LogP contribution in [0.1, 0.15) is 43.0 Å². The molecule has 0 aromatic carbocycles. The fraction of sp³-hybridized carbons (Fsp3) is 0.643. The van der Waals surface area contributed by atoms with Crippen LogP contribution in [0.4, 0.5) is 0 Å². The first kappa shape index (κ1) is 14.8. The largest absolute Gasteiger partial charge is 0.456 e. The molecule has 1 aromatic heterocycles. The molecule has 0 unspecified atom stereocenters. The maximum absolute atomic E-state index is 11.7. The van der Waals surface area contributed by atoms with Gasteiger partial charge in [-0.2, -0.15) is 0 Å². The monoisotopic (exact) mass is 252 g/mol. The first-order chi connectivity index (χ1) is 8.67. The number of carbonyl (C=O) groups excluding carboxylic acids is 1. The van der Waals surface area contributed by atoms with Crippen molar-refractivity contribution in [1.29, 1.82) is 0 Å². The minimum atomic E-state index is -0.120. The maximum atomic E-state index is 11.7. The van der Waals surface area contributed by atoms with Gasteiger partial charge in [0.15, 0.2) is 5.76 Å². The maximum Gasteiger partial charge on any atom is 0.286 e. The minimum absolute atomic E-state index is 0.120. The molecule has 1 heterocycles. The molecule has 0 aliphatic carbocycles. The first-order valence-electron chi connectivity index (χ1n) is 6.74. The Balaban J connectivity index is 2.13. The van der Waals surface area contributed by atoms with E-state index in [1.165, 1.54) is 0 Å². The summed E-state index contributed by atoms with van der Waals surface area (Å²) < 4.78 is 5.26. The number of hydrogen-bond donors (Lipinski definition) is 1. The minimum Gasteiger partial charge on any atom is -0.456 e. The summed E-state index contributed by atoms with van der Waals surface area (Å²) in [4.78, 5) is 14.0. The lowest BCUT2D eigenvalue weighted by Gasteiger charge is -2.17. The van der Waals surface area contributed by atoms with Crippen LogP contribution in [-0.4, -0.2) is 37.0 Å². The number of rotatable bonds is 8. The average Bonchev–Trinajstić information content (AvgIpc) is 2.80. The Labute approximate surface area is 109 Å². The van der Waals surface area contributed by atoms with Crippen LogP contribution in [0.5, 0.6) is 0 Å². The molecule has 0 saturated carbocycles. The third-order valence-corrected chi connectivity index (χ3v) is 3.05. The van der Waals surface area contributed by atoms with Crippen LogP contribution < -0.4 is 5.32 Å². The van der Waals surface area contributed by atoms with E-state index in [0.29, 0.717) is 12.3 Å². The van der Waals surface area contributed by atoms with Crippen LogP contribution in [0, 0.1) is 6.92 Å². The van der Waals surface area contributed by atoms with E-state index in [0.717, 1.165) is 38.2 Å². The molecule has 0 aliphatic rings. The Bertz CT molecular complexity index is 356. The van der Waals surface area contributed by atoms with Crippen molar-refractivity contribution in [1.82, 2.24) is 10.2 Å². The van der Waals surface area contributed by atoms with E-state index in [9.17, 15) is 4.79 Å². The molecule has 0 spiro atoms. The van der Waals surface area contributed by atoms with Gasteiger partial charge in [0.05, 0.1) is 0 Å². The van der Waals surface area contributed by atoms with E-state index in [-0.39, 0.29) is 5.91 Å². The van der Waals surface area contributed by atoms with Gasteiger partial charge in [0.25, 0.3) is 5.91 Å². The normalized spacial score (nSPS) is 10.9. The third kappa shape index (κ3) is 4.92. The predicted octanol–water partition coefficient (Wildman–Crippen LogP) is 2.44. The van der Waals surface area contributed by atoms with Crippen molar-refractivity contribution < 1.29 is 9.21 Å². The van der Waals surface area contributed by atoms with Gasteiger partial charge in [-0.05, 0) is 51.5 Å². The van der Waals surface area contributed by atoms with E-state index < -0.39 is 0 Å². The molecule has 1 amide bonds. The third-order valence-electron chi connectivity index (χ3n) is 3.05. The van der Waals surface area contributed by atoms with Crippen molar-refractivity contribution in [3.63, 3.8) is 0 Å². The summed E-state index contributed by atoms with van der Waals surface area (Å²) >= 11 is 0. The summed E-state index contributed by atoms with van der Waals surface area (Å²) in [5.41, 5.74) is 0. The van der Waals surface area contributed by atoms with Gasteiger partial charge >= 0.3 is 0 Å². The molecule has 18 heavy (non-hydrogen) atoms. The van der Waals surface area contributed by atoms with Gasteiger partial charge in [-0.25, -0.2) is 0 Å². The van der Waals surface area contributed by atoms with Gasteiger partial charge in [0, 0.05) is 6.54 Å². The van der Waals surface area contributed by atoms with Crippen molar-refractivity contribution in [2.75, 3.05) is 26.2 Å². The number of hydrogen-bond acceptors (Lipinski definition) is 3. The van der Waals surface area contributed by atoms with E-state index in [4.69, 9.17) is 4.42 Å². The zero-order valence-corrected chi connectivity index (χ0v) is 11.7. The second kappa shape index (κ2) is 7.93. The molecule has 1 aromatic rings. The number of nitrogens with one attached hydrogen (secondary N) is 1. The molecular formula is C14H24N2O2. The zero-order chi connectivity index (χ0) is 13.4. The lowest BCUT2D eigenvalue weighted by Crippen LogP contribution is -2.27. The summed E-state index contributed by atoms with van der Waals surface area (Å²) in [6, 6.07) is 3.51. The van der Waals surface area contributed by atoms with Crippen LogP contribution in [0.2, 0.25) is 0 Å². The average molecular weight is 252 g/mol. The number of amides is 1. The van der Waals surface area contributed by atoms with Crippen LogP contribution in [0.3, 0.4) is 0 Å². The molecule has 4 nitrogen and oxygen atoms in total. The summed E-state index contributed by atoms with van der Waals surface area (Å²) in [6.45, 7) is 10.2. The summed E-state index contributed by atoms with van der Waals surface area (Å²) in [7, 11) is 0. The highest BCUT2D eigenvalue weighted by Gasteiger charge is 2.08. The fourth-order valence-corrected chi connectivity index (χ4v) is 1.85. The van der Waals surface area contributed by atoms with Gasteiger partial charge in [-0.1, -0.05) is 13.8 Å². The molecule has 4 heteroatoms. The first-order valence-corrected chi connectivity index (χ1v) is 6.74. The van der Waals surface area contributed by atoms with Crippen LogP contribution in [0.25, 0.3) is 0 Å². The van der Waals surface area contributed by atoms with Crippen molar-refractivity contribution in [2.24, 2.45) is 0 Å². The second-order valence-electron chi connectivity index (χ2n) is 4.40. The lowest BCUT2D eigenvalue weighted by atomic mass is 10.3. The quantitative estimate of drug-likeness (QED) is 0.723. The van der Waals surface area contributed by atoms with E-state index in [1.807, 2.05) is 6.92 Å². The van der Waals surface area contributed by atoms with Gasteiger partial charge < -0.3 is 14.6 Å². The van der Waals surface area contributed by atoms with Gasteiger partial charge in [-0.15, -0.1) is 0 Å². The molecule has 0 saturated heterocycles. The predicted molar refractivity (Wildman–Crippen MR) is 72.8 cm³/mol. The SMILES string of the molecule is CCN(CC)CCCCNC(=O)c1ccc(C)o1. The molecule has 1 N–H and O–H groups in total. The van der Waals surface area contributed by atoms with Gasteiger partial charge in [0.1, 0.15) is 5.76 Å². The second-order valence-corrected chi connectivity index (χ2v) is 4.40. The molecule has 0 fully saturated rings. The van der Waals surface area contributed by atoms with E-state index >= 15 is 0 Å². The Kier molecular flexibility index (Phi) is 6.50. The van der Waals surface area contributed by atoms with Crippen molar-refractivity contribution in [2.45, 2.75) is 33.6 Å². The Morgan fingerprint density at radius 2 is 2.00 bits per heavy atom. The highest BCUT2D eigenvalue weighted by atomic mass is 16.3. The number of aryl methyl sites for hydroxylation is 1. The Morgan fingerprint density at radius 3 is 2.56 bits per heavy atom. The topological polar surface area (TPSA) is 45.5 Å².